The van der Waals surface area contributed by atoms with Gasteiger partial charge in [0, 0.05) is 17.5 Å². The van der Waals surface area contributed by atoms with Crippen LogP contribution in [0.3, 0.4) is 0 Å². The molecule has 0 N–H and O–H groups in total. The molecule has 1 aromatic heterocycles. The number of hydrogen-bond donors (Lipinski definition) is 0. The Labute approximate surface area is 172 Å². The molecular weight excluding hydrogens is 599 g/mol. The van der Waals surface area contributed by atoms with Crippen LogP contribution in [0.25, 0.3) is 10.9 Å². The molecule has 0 unspecified atom stereocenters. The van der Waals surface area contributed by atoms with Crippen LogP contribution in [-0.4, -0.2) is 28.4 Å². The van der Waals surface area contributed by atoms with E-state index < -0.39 is 26.9 Å². The number of benzene rings is 1. The molecule has 14 heteroatoms. The average Bonchev–Trinajstić information content (AvgIpc) is 2.45. The van der Waals surface area contributed by atoms with E-state index >= 15 is 0 Å². The van der Waals surface area contributed by atoms with Gasteiger partial charge in [0.1, 0.15) is 7.05 Å². The van der Waals surface area contributed by atoms with E-state index in [1.54, 1.807) is 23.7 Å². The normalized spacial score (nSPS) is 13.2. The van der Waals surface area contributed by atoms with E-state index in [0.29, 0.717) is 0 Å². The standard InChI is InChI=1S/C11H9Br3NO2S.CHF3O3S/c1-15-9-5-3-2-4-8(9)6-7-10(15)18(16,17)11(12,13)14;2-1(3,4)8(5,6)7/h2-7H,1H3;(H,5,6,7)/q+1;/p-1. The van der Waals surface area contributed by atoms with Crippen molar-refractivity contribution in [3.63, 3.8) is 0 Å². The molecule has 2 rings (SSSR count). The van der Waals surface area contributed by atoms with Crippen molar-refractivity contribution in [3.05, 3.63) is 36.4 Å². The van der Waals surface area contributed by atoms with Crippen molar-refractivity contribution in [2.75, 3.05) is 0 Å². The SMILES string of the molecule is C[n+]1c(S(=O)(=O)C(Br)(Br)Br)ccc2ccccc21.O=S(=O)([O-])C(F)(F)F. The van der Waals surface area contributed by atoms with Crippen LogP contribution in [0.1, 0.15) is 0 Å². The van der Waals surface area contributed by atoms with Gasteiger partial charge in [-0.15, -0.1) is 0 Å². The van der Waals surface area contributed by atoms with E-state index in [1.165, 1.54) is 0 Å². The number of hydrogen-bond acceptors (Lipinski definition) is 5. The Morgan fingerprint density at radius 2 is 1.42 bits per heavy atom. The minimum absolute atomic E-state index is 0.215. The second kappa shape index (κ2) is 7.99. The number of fused-ring (bicyclic) bond motifs is 1. The lowest BCUT2D eigenvalue weighted by Gasteiger charge is -2.12. The molecule has 0 spiro atoms. The lowest BCUT2D eigenvalue weighted by molar-refractivity contribution is -0.684. The van der Waals surface area contributed by atoms with Crippen LogP contribution in [0.4, 0.5) is 13.2 Å². The van der Waals surface area contributed by atoms with Gasteiger partial charge in [-0.05, 0) is 59.9 Å². The maximum Gasteiger partial charge on any atom is 0.485 e. The van der Waals surface area contributed by atoms with Gasteiger partial charge >= 0.3 is 10.5 Å². The lowest BCUT2D eigenvalue weighted by atomic mass is 10.2. The summed E-state index contributed by atoms with van der Waals surface area (Å²) in [5.74, 6) is 0. The summed E-state index contributed by atoms with van der Waals surface area (Å²) in [6.07, 6.45) is 0. The summed E-state index contributed by atoms with van der Waals surface area (Å²) in [5, 5.41) is 1.20. The third-order valence-corrected chi connectivity index (χ3v) is 8.87. The van der Waals surface area contributed by atoms with Crippen molar-refractivity contribution >= 4 is 78.6 Å². The van der Waals surface area contributed by atoms with Crippen LogP contribution < -0.4 is 4.57 Å². The predicted octanol–water partition coefficient (Wildman–Crippen LogP) is 3.29. The highest BCUT2D eigenvalue weighted by atomic mass is 80.0. The van der Waals surface area contributed by atoms with Crippen molar-refractivity contribution in [3.8, 4) is 0 Å². The fourth-order valence-electron chi connectivity index (χ4n) is 1.71. The largest absolute Gasteiger partial charge is 0.741 e. The fourth-order valence-corrected chi connectivity index (χ4v) is 4.15. The molecule has 1 aromatic carbocycles. The fraction of sp³-hybridized carbons (Fsp3) is 0.250. The highest BCUT2D eigenvalue weighted by Gasteiger charge is 2.43. The first-order valence-corrected chi connectivity index (χ1v) is 11.5. The highest BCUT2D eigenvalue weighted by Crippen LogP contribution is 2.42. The molecule has 0 fully saturated rings. The Bertz CT molecular complexity index is 1020. The molecule has 0 aliphatic heterocycles. The summed E-state index contributed by atoms with van der Waals surface area (Å²) in [4.78, 5) is 0. The zero-order chi connectivity index (χ0) is 20.6. The van der Waals surface area contributed by atoms with Crippen LogP contribution in [0.5, 0.6) is 0 Å². The first-order valence-electron chi connectivity index (χ1n) is 6.21. The molecule has 26 heavy (non-hydrogen) atoms. The monoisotopic (exact) mass is 605 g/mol. The smallest absolute Gasteiger partial charge is 0.485 e. The van der Waals surface area contributed by atoms with E-state index in [0.717, 1.165) is 10.9 Å². The minimum atomic E-state index is -6.09. The molecule has 0 bridgehead atoms. The number of pyridine rings is 1. The number of para-hydroxylation sites is 1. The summed E-state index contributed by atoms with van der Waals surface area (Å²) in [5.41, 5.74) is -4.79. The molecule has 146 valence electrons. The Morgan fingerprint density at radius 1 is 0.962 bits per heavy atom. The molecule has 0 radical (unpaired) electrons. The number of aryl methyl sites for hydroxylation is 1. The molecule has 1 heterocycles. The first-order chi connectivity index (χ1) is 11.5. The van der Waals surface area contributed by atoms with Gasteiger partial charge in [-0.2, -0.15) is 17.7 Å². The van der Waals surface area contributed by atoms with Crippen molar-refractivity contribution in [2.45, 2.75) is 12.0 Å². The molecule has 6 nitrogen and oxygen atoms in total. The second-order valence-corrected chi connectivity index (χ2v) is 16.4. The van der Waals surface area contributed by atoms with E-state index in [4.69, 9.17) is 13.0 Å². The molecule has 0 amide bonds. The quantitative estimate of drug-likeness (QED) is 0.215. The zero-order valence-corrected chi connectivity index (χ0v) is 18.9. The summed E-state index contributed by atoms with van der Waals surface area (Å²) in [6, 6.07) is 11.0. The van der Waals surface area contributed by atoms with E-state index in [1.807, 2.05) is 24.3 Å². The van der Waals surface area contributed by atoms with E-state index in [-0.39, 0.29) is 5.03 Å². The molecule has 0 saturated heterocycles. The molecule has 2 aromatic rings. The third kappa shape index (κ3) is 5.38. The molecule has 0 aliphatic carbocycles. The molecule has 0 saturated carbocycles. The summed E-state index contributed by atoms with van der Waals surface area (Å²) in [7, 11) is -7.95. The number of alkyl halides is 6. The van der Waals surface area contributed by atoms with Crippen LogP contribution >= 0.6 is 47.8 Å². The minimum Gasteiger partial charge on any atom is -0.741 e. The maximum absolute atomic E-state index is 12.4. The van der Waals surface area contributed by atoms with Crippen LogP contribution in [0.15, 0.2) is 41.4 Å². The Morgan fingerprint density at radius 3 is 1.85 bits per heavy atom. The van der Waals surface area contributed by atoms with Gasteiger partial charge in [0.15, 0.2) is 10.1 Å². The molecule has 0 aliphatic rings. The van der Waals surface area contributed by atoms with Gasteiger partial charge in [0.05, 0.1) is 0 Å². The Balaban J connectivity index is 0.000000359. The van der Waals surface area contributed by atoms with Gasteiger partial charge in [0.2, 0.25) is 6.99 Å². The van der Waals surface area contributed by atoms with Crippen LogP contribution in [-0.2, 0) is 27.0 Å². The second-order valence-electron chi connectivity index (χ2n) is 4.64. The first kappa shape index (κ1) is 23.8. The zero-order valence-electron chi connectivity index (χ0n) is 12.5. The molecular formula is C12H9Br3F3NO5S2. The number of nitrogens with zero attached hydrogens (tertiary/aromatic N) is 1. The number of halogens is 6. The third-order valence-electron chi connectivity index (χ3n) is 2.90. The summed E-state index contributed by atoms with van der Waals surface area (Å²) in [6.45, 7) is 0. The maximum atomic E-state index is 12.4. The van der Waals surface area contributed by atoms with Crippen LogP contribution in [0.2, 0.25) is 0 Å². The van der Waals surface area contributed by atoms with Crippen molar-refractivity contribution in [1.82, 2.24) is 0 Å². The topological polar surface area (TPSA) is 95.2 Å². The van der Waals surface area contributed by atoms with E-state index in [9.17, 15) is 21.6 Å². The summed E-state index contributed by atoms with van der Waals surface area (Å²) < 4.78 is 83.9. The number of aromatic nitrogens is 1. The van der Waals surface area contributed by atoms with Gasteiger partial charge in [0.25, 0.3) is 9.84 Å². The molecule has 0 atom stereocenters. The van der Waals surface area contributed by atoms with Crippen LogP contribution in [0, 0.1) is 0 Å². The van der Waals surface area contributed by atoms with E-state index in [2.05, 4.69) is 47.8 Å². The van der Waals surface area contributed by atoms with Gasteiger partial charge < -0.3 is 4.55 Å². The number of sulfone groups is 1. The highest BCUT2D eigenvalue weighted by molar-refractivity contribution is 9.42. The lowest BCUT2D eigenvalue weighted by Crippen LogP contribution is -2.39. The Hall–Kier alpha value is -0.280. The van der Waals surface area contributed by atoms with Crippen molar-refractivity contribution in [1.29, 1.82) is 0 Å². The van der Waals surface area contributed by atoms with Crippen molar-refractivity contribution in [2.24, 2.45) is 7.05 Å². The number of rotatable bonds is 1. The predicted molar refractivity (Wildman–Crippen MR) is 97.6 cm³/mol. The van der Waals surface area contributed by atoms with Crippen molar-refractivity contribution < 1.29 is 39.1 Å². The van der Waals surface area contributed by atoms with Gasteiger partial charge in [-0.1, -0.05) is 12.1 Å². The summed E-state index contributed by atoms with van der Waals surface area (Å²) >= 11 is 9.20. The van der Waals surface area contributed by atoms with Gasteiger partial charge in [-0.25, -0.2) is 16.8 Å². The van der Waals surface area contributed by atoms with Gasteiger partial charge in [-0.3, -0.25) is 0 Å². The Kier molecular flexibility index (Phi) is 7.30. The average molecular weight is 608 g/mol.